The molecule has 0 fully saturated rings. The van der Waals surface area contributed by atoms with E-state index in [9.17, 15) is 4.79 Å². The minimum atomic E-state index is -0.309. The van der Waals surface area contributed by atoms with Gasteiger partial charge in [-0.15, -0.1) is 0 Å². The maximum atomic E-state index is 11.9. The van der Waals surface area contributed by atoms with Crippen LogP contribution in [0.2, 0.25) is 5.02 Å². The van der Waals surface area contributed by atoms with Crippen LogP contribution in [-0.4, -0.2) is 21.7 Å². The highest BCUT2D eigenvalue weighted by Crippen LogP contribution is 2.20. The van der Waals surface area contributed by atoms with E-state index in [1.54, 1.807) is 24.5 Å². The minimum absolute atomic E-state index is 0.309. The van der Waals surface area contributed by atoms with Gasteiger partial charge in [-0.1, -0.05) is 17.7 Å². The SMILES string of the molecule is Cc1ccc(-n2cccc2/C=N/NC(=O)c2cccnc2)cc1Cl. The highest BCUT2D eigenvalue weighted by atomic mass is 35.5. The third kappa shape index (κ3) is 3.52. The lowest BCUT2D eigenvalue weighted by Gasteiger charge is -2.08. The summed E-state index contributed by atoms with van der Waals surface area (Å²) in [6.07, 6.45) is 6.59. The number of carbonyl (C=O) groups is 1. The van der Waals surface area contributed by atoms with Crippen molar-refractivity contribution in [3.8, 4) is 5.69 Å². The predicted octanol–water partition coefficient (Wildman–Crippen LogP) is 3.60. The average molecular weight is 339 g/mol. The van der Waals surface area contributed by atoms with Crippen LogP contribution < -0.4 is 5.43 Å². The Morgan fingerprint density at radius 1 is 1.29 bits per heavy atom. The second-order valence-electron chi connectivity index (χ2n) is 5.18. The van der Waals surface area contributed by atoms with Gasteiger partial charge in [0.15, 0.2) is 0 Å². The van der Waals surface area contributed by atoms with Crippen molar-refractivity contribution in [3.63, 3.8) is 0 Å². The molecule has 3 rings (SSSR count). The highest BCUT2D eigenvalue weighted by molar-refractivity contribution is 6.31. The Balaban J connectivity index is 1.76. The molecule has 0 saturated carbocycles. The molecule has 0 aliphatic carbocycles. The Kier molecular flexibility index (Phi) is 4.72. The fourth-order valence-corrected chi connectivity index (χ4v) is 2.36. The van der Waals surface area contributed by atoms with E-state index in [4.69, 9.17) is 11.6 Å². The van der Waals surface area contributed by atoms with Crippen molar-refractivity contribution < 1.29 is 4.79 Å². The molecule has 120 valence electrons. The zero-order valence-corrected chi connectivity index (χ0v) is 13.7. The minimum Gasteiger partial charge on any atom is -0.316 e. The summed E-state index contributed by atoms with van der Waals surface area (Å²) < 4.78 is 1.94. The van der Waals surface area contributed by atoms with Crippen molar-refractivity contribution in [2.45, 2.75) is 6.92 Å². The van der Waals surface area contributed by atoms with Crippen molar-refractivity contribution >= 4 is 23.7 Å². The van der Waals surface area contributed by atoms with Crippen LogP contribution in [0.15, 0.2) is 66.2 Å². The third-order valence-corrected chi connectivity index (χ3v) is 3.91. The summed E-state index contributed by atoms with van der Waals surface area (Å²) >= 11 is 6.19. The van der Waals surface area contributed by atoms with Crippen LogP contribution in [0.3, 0.4) is 0 Å². The number of hydrazone groups is 1. The molecule has 2 heterocycles. The average Bonchev–Trinajstić information content (AvgIpc) is 3.06. The number of rotatable bonds is 4. The zero-order valence-electron chi connectivity index (χ0n) is 13.0. The van der Waals surface area contributed by atoms with Crippen LogP contribution in [0.5, 0.6) is 0 Å². The van der Waals surface area contributed by atoms with Gasteiger partial charge in [-0.25, -0.2) is 5.43 Å². The largest absolute Gasteiger partial charge is 0.316 e. The maximum Gasteiger partial charge on any atom is 0.272 e. The van der Waals surface area contributed by atoms with Crippen LogP contribution in [0.4, 0.5) is 0 Å². The predicted molar refractivity (Wildman–Crippen MR) is 94.8 cm³/mol. The van der Waals surface area contributed by atoms with E-state index in [1.807, 2.05) is 48.0 Å². The topological polar surface area (TPSA) is 59.3 Å². The summed E-state index contributed by atoms with van der Waals surface area (Å²) in [7, 11) is 0. The van der Waals surface area contributed by atoms with Gasteiger partial charge in [0.1, 0.15) is 0 Å². The molecule has 0 spiro atoms. The summed E-state index contributed by atoms with van der Waals surface area (Å²) in [5, 5.41) is 4.71. The molecule has 1 N–H and O–H groups in total. The molecule has 0 radical (unpaired) electrons. The van der Waals surface area contributed by atoms with E-state index in [2.05, 4.69) is 15.5 Å². The molecule has 0 saturated heterocycles. The standard InChI is InChI=1S/C18H15ClN4O/c1-13-6-7-15(10-17(13)19)23-9-3-5-16(23)12-21-22-18(24)14-4-2-8-20-11-14/h2-12H,1H3,(H,22,24)/b21-12+. The normalized spacial score (nSPS) is 10.9. The quantitative estimate of drug-likeness (QED) is 0.583. The Hall–Kier alpha value is -2.92. The lowest BCUT2D eigenvalue weighted by atomic mass is 10.2. The number of benzene rings is 1. The monoisotopic (exact) mass is 338 g/mol. The van der Waals surface area contributed by atoms with Crippen molar-refractivity contribution in [1.82, 2.24) is 15.0 Å². The molecular weight excluding hydrogens is 324 g/mol. The molecule has 24 heavy (non-hydrogen) atoms. The van der Waals surface area contributed by atoms with E-state index < -0.39 is 0 Å². The van der Waals surface area contributed by atoms with Crippen LogP contribution in [0.25, 0.3) is 5.69 Å². The van der Waals surface area contributed by atoms with Crippen molar-refractivity contribution in [1.29, 1.82) is 0 Å². The number of nitrogens with zero attached hydrogens (tertiary/aromatic N) is 3. The van der Waals surface area contributed by atoms with Gasteiger partial charge in [0, 0.05) is 29.3 Å². The molecule has 0 unspecified atom stereocenters. The first-order chi connectivity index (χ1) is 11.6. The van der Waals surface area contributed by atoms with Gasteiger partial charge in [0.25, 0.3) is 5.91 Å². The fraction of sp³-hybridized carbons (Fsp3) is 0.0556. The second kappa shape index (κ2) is 7.10. The number of carbonyl (C=O) groups excluding carboxylic acids is 1. The maximum absolute atomic E-state index is 11.9. The number of nitrogens with one attached hydrogen (secondary N) is 1. The lowest BCUT2D eigenvalue weighted by molar-refractivity contribution is 0.0955. The van der Waals surface area contributed by atoms with Gasteiger partial charge >= 0.3 is 0 Å². The Labute approximate surface area is 144 Å². The van der Waals surface area contributed by atoms with E-state index in [0.717, 1.165) is 16.9 Å². The van der Waals surface area contributed by atoms with Gasteiger partial charge in [-0.2, -0.15) is 5.10 Å². The molecule has 5 nitrogen and oxygen atoms in total. The first-order valence-corrected chi connectivity index (χ1v) is 7.70. The van der Waals surface area contributed by atoms with Gasteiger partial charge in [0.05, 0.1) is 17.5 Å². The van der Waals surface area contributed by atoms with E-state index in [1.165, 1.54) is 6.20 Å². The van der Waals surface area contributed by atoms with Crippen LogP contribution in [0.1, 0.15) is 21.6 Å². The molecule has 0 bridgehead atoms. The van der Waals surface area contributed by atoms with E-state index >= 15 is 0 Å². The zero-order chi connectivity index (χ0) is 16.9. The fourth-order valence-electron chi connectivity index (χ4n) is 2.18. The summed E-state index contributed by atoms with van der Waals surface area (Å²) in [4.78, 5) is 15.8. The highest BCUT2D eigenvalue weighted by Gasteiger charge is 2.05. The number of pyridine rings is 1. The molecule has 1 aromatic carbocycles. The molecule has 6 heteroatoms. The molecule has 2 aromatic heterocycles. The molecule has 3 aromatic rings. The third-order valence-electron chi connectivity index (χ3n) is 3.50. The Morgan fingerprint density at radius 2 is 2.17 bits per heavy atom. The Bertz CT molecular complexity index is 887. The van der Waals surface area contributed by atoms with E-state index in [0.29, 0.717) is 10.6 Å². The van der Waals surface area contributed by atoms with Crippen LogP contribution in [0, 0.1) is 6.92 Å². The number of aryl methyl sites for hydroxylation is 1. The van der Waals surface area contributed by atoms with Crippen LogP contribution in [-0.2, 0) is 0 Å². The van der Waals surface area contributed by atoms with Gasteiger partial charge in [0.2, 0.25) is 0 Å². The summed E-state index contributed by atoms with van der Waals surface area (Å²) in [6, 6.07) is 13.0. The molecule has 0 aliphatic rings. The van der Waals surface area contributed by atoms with Gasteiger partial charge < -0.3 is 4.57 Å². The summed E-state index contributed by atoms with van der Waals surface area (Å²) in [5.74, 6) is -0.309. The number of hydrogen-bond acceptors (Lipinski definition) is 3. The molecule has 1 amide bonds. The summed E-state index contributed by atoms with van der Waals surface area (Å²) in [6.45, 7) is 1.96. The first kappa shape index (κ1) is 16.0. The number of hydrogen-bond donors (Lipinski definition) is 1. The summed E-state index contributed by atoms with van der Waals surface area (Å²) in [5.41, 5.74) is 5.71. The van der Waals surface area contributed by atoms with Crippen molar-refractivity contribution in [2.24, 2.45) is 5.10 Å². The van der Waals surface area contributed by atoms with Crippen molar-refractivity contribution in [2.75, 3.05) is 0 Å². The smallest absolute Gasteiger partial charge is 0.272 e. The first-order valence-electron chi connectivity index (χ1n) is 7.32. The number of amides is 1. The number of aromatic nitrogens is 2. The van der Waals surface area contributed by atoms with Gasteiger partial charge in [-0.05, 0) is 48.9 Å². The van der Waals surface area contributed by atoms with Crippen molar-refractivity contribution in [3.05, 3.63) is 82.9 Å². The number of halogens is 1. The van der Waals surface area contributed by atoms with Crippen LogP contribution >= 0.6 is 11.6 Å². The second-order valence-corrected chi connectivity index (χ2v) is 5.58. The lowest BCUT2D eigenvalue weighted by Crippen LogP contribution is -2.17. The Morgan fingerprint density at radius 3 is 2.92 bits per heavy atom. The molecule has 0 aliphatic heterocycles. The van der Waals surface area contributed by atoms with E-state index in [-0.39, 0.29) is 5.91 Å². The molecule has 0 atom stereocenters. The molecular formula is C18H15ClN4O. The van der Waals surface area contributed by atoms with Gasteiger partial charge in [-0.3, -0.25) is 9.78 Å².